The van der Waals surface area contributed by atoms with Crippen LogP contribution in [0.4, 0.5) is 10.1 Å². The number of hydrogen-bond donors (Lipinski definition) is 2. The normalized spacial score (nSPS) is 16.6. The number of anilines is 1. The number of rotatable bonds is 4. The van der Waals surface area contributed by atoms with Crippen molar-refractivity contribution in [3.63, 3.8) is 0 Å². The van der Waals surface area contributed by atoms with Crippen LogP contribution in [0, 0.1) is 24.1 Å². The molecule has 1 saturated heterocycles. The molecule has 2 aromatic carbocycles. The summed E-state index contributed by atoms with van der Waals surface area (Å²) < 4.78 is 13.4. The Morgan fingerprint density at radius 1 is 1.31 bits per heavy atom. The number of benzene rings is 2. The van der Waals surface area contributed by atoms with Gasteiger partial charge < -0.3 is 15.5 Å². The van der Waals surface area contributed by atoms with E-state index < -0.39 is 0 Å². The highest BCUT2D eigenvalue weighted by Crippen LogP contribution is 2.24. The van der Waals surface area contributed by atoms with Gasteiger partial charge in [-0.2, -0.15) is 5.26 Å². The maximum Gasteiger partial charge on any atom is 0.191 e. The Morgan fingerprint density at radius 3 is 2.86 bits per heavy atom. The van der Waals surface area contributed by atoms with Gasteiger partial charge in [0.1, 0.15) is 5.82 Å². The van der Waals surface area contributed by atoms with Crippen LogP contribution in [0.1, 0.15) is 29.5 Å². The molecule has 0 radical (unpaired) electrons. The number of nitriles is 1. The molecule has 1 heterocycles. The first kappa shape index (κ1) is 22.9. The standard InChI is InChI=1S/C22H26FN5.HI/c1-16-11-19(23)8-9-21(16)28-10-4-7-20(15-28)27-22(25-2)26-14-18-6-3-5-17(12-18)13-24;/h3,5-6,8-9,11-12,20H,4,7,10,14-15H2,1-2H3,(H2,25,26,27);1H. The molecule has 2 aromatic rings. The third kappa shape index (κ3) is 6.32. The summed E-state index contributed by atoms with van der Waals surface area (Å²) in [5.41, 5.74) is 3.73. The number of nitrogens with zero attached hydrogens (tertiary/aromatic N) is 3. The molecular formula is C22H27FIN5. The number of halogens is 2. The Labute approximate surface area is 189 Å². The van der Waals surface area contributed by atoms with Gasteiger partial charge in [0.25, 0.3) is 0 Å². The van der Waals surface area contributed by atoms with Crippen molar-refractivity contribution < 1.29 is 4.39 Å². The molecule has 1 fully saturated rings. The summed E-state index contributed by atoms with van der Waals surface area (Å²) in [6.07, 6.45) is 2.12. The van der Waals surface area contributed by atoms with Crippen LogP contribution < -0.4 is 15.5 Å². The fraction of sp³-hybridized carbons (Fsp3) is 0.364. The molecule has 5 nitrogen and oxygen atoms in total. The van der Waals surface area contributed by atoms with E-state index in [2.05, 4.69) is 26.6 Å². The smallest absolute Gasteiger partial charge is 0.191 e. The lowest BCUT2D eigenvalue weighted by Crippen LogP contribution is -2.51. The first-order valence-electron chi connectivity index (χ1n) is 9.56. The number of aliphatic imine (C=N–C) groups is 1. The number of guanidine groups is 1. The van der Waals surface area contributed by atoms with E-state index in [0.717, 1.165) is 48.7 Å². The summed E-state index contributed by atoms with van der Waals surface area (Å²) in [7, 11) is 1.76. The Balaban J connectivity index is 0.00000300. The largest absolute Gasteiger partial charge is 0.369 e. The van der Waals surface area contributed by atoms with E-state index in [1.54, 1.807) is 19.2 Å². The van der Waals surface area contributed by atoms with Gasteiger partial charge in [-0.25, -0.2) is 4.39 Å². The molecule has 154 valence electrons. The first-order chi connectivity index (χ1) is 13.6. The Kier molecular flexibility index (Phi) is 8.70. The molecule has 0 bridgehead atoms. The van der Waals surface area contributed by atoms with Crippen LogP contribution in [0.5, 0.6) is 0 Å². The molecule has 1 aliphatic heterocycles. The predicted molar refractivity (Wildman–Crippen MR) is 126 cm³/mol. The van der Waals surface area contributed by atoms with Crippen LogP contribution in [0.3, 0.4) is 0 Å². The fourth-order valence-electron chi connectivity index (χ4n) is 3.61. The van der Waals surface area contributed by atoms with Gasteiger partial charge in [0.05, 0.1) is 11.6 Å². The van der Waals surface area contributed by atoms with Gasteiger partial charge in [-0.05, 0) is 61.2 Å². The second-order valence-electron chi connectivity index (χ2n) is 7.10. The van der Waals surface area contributed by atoms with E-state index >= 15 is 0 Å². The zero-order valence-corrected chi connectivity index (χ0v) is 19.1. The van der Waals surface area contributed by atoms with E-state index in [4.69, 9.17) is 5.26 Å². The summed E-state index contributed by atoms with van der Waals surface area (Å²) in [6, 6.07) is 14.9. The van der Waals surface area contributed by atoms with Gasteiger partial charge in [-0.15, -0.1) is 24.0 Å². The molecule has 0 aliphatic carbocycles. The zero-order valence-electron chi connectivity index (χ0n) is 16.8. The number of hydrogen-bond acceptors (Lipinski definition) is 3. The zero-order chi connectivity index (χ0) is 19.9. The van der Waals surface area contributed by atoms with Gasteiger partial charge in [0, 0.05) is 38.4 Å². The topological polar surface area (TPSA) is 63.5 Å². The molecule has 1 unspecified atom stereocenters. The lowest BCUT2D eigenvalue weighted by molar-refractivity contribution is 0.467. The van der Waals surface area contributed by atoms with Crippen LogP contribution in [-0.4, -0.2) is 32.1 Å². The number of nitrogens with one attached hydrogen (secondary N) is 2. The molecule has 2 N–H and O–H groups in total. The van der Waals surface area contributed by atoms with Crippen LogP contribution in [0.2, 0.25) is 0 Å². The molecule has 1 aliphatic rings. The van der Waals surface area contributed by atoms with Crippen molar-refractivity contribution in [2.75, 3.05) is 25.0 Å². The second-order valence-corrected chi connectivity index (χ2v) is 7.10. The molecule has 0 aromatic heterocycles. The van der Waals surface area contributed by atoms with Crippen LogP contribution >= 0.6 is 24.0 Å². The number of piperidine rings is 1. The van der Waals surface area contributed by atoms with Crippen molar-refractivity contribution in [3.05, 3.63) is 65.0 Å². The van der Waals surface area contributed by atoms with E-state index in [0.29, 0.717) is 12.1 Å². The molecule has 1 atom stereocenters. The highest BCUT2D eigenvalue weighted by atomic mass is 127. The summed E-state index contributed by atoms with van der Waals surface area (Å²) in [5.74, 6) is 0.544. The lowest BCUT2D eigenvalue weighted by Gasteiger charge is -2.36. The minimum Gasteiger partial charge on any atom is -0.369 e. The maximum atomic E-state index is 13.4. The van der Waals surface area contributed by atoms with Crippen molar-refractivity contribution in [1.82, 2.24) is 10.6 Å². The average molecular weight is 507 g/mol. The van der Waals surface area contributed by atoms with E-state index in [9.17, 15) is 4.39 Å². The van der Waals surface area contributed by atoms with Crippen LogP contribution in [0.25, 0.3) is 0 Å². The van der Waals surface area contributed by atoms with Gasteiger partial charge in [-0.1, -0.05) is 12.1 Å². The van der Waals surface area contributed by atoms with Crippen LogP contribution in [0.15, 0.2) is 47.5 Å². The van der Waals surface area contributed by atoms with E-state index in [1.165, 1.54) is 6.07 Å². The van der Waals surface area contributed by atoms with Gasteiger partial charge in [-0.3, -0.25) is 4.99 Å². The van der Waals surface area contributed by atoms with Crippen molar-refractivity contribution in [3.8, 4) is 6.07 Å². The summed E-state index contributed by atoms with van der Waals surface area (Å²) in [5, 5.41) is 15.8. The molecular weight excluding hydrogens is 480 g/mol. The molecule has 3 rings (SSSR count). The average Bonchev–Trinajstić information content (AvgIpc) is 2.71. The highest BCUT2D eigenvalue weighted by Gasteiger charge is 2.22. The third-order valence-corrected chi connectivity index (χ3v) is 5.00. The first-order valence-corrected chi connectivity index (χ1v) is 9.56. The molecule has 7 heteroatoms. The summed E-state index contributed by atoms with van der Waals surface area (Å²) >= 11 is 0. The maximum absolute atomic E-state index is 13.4. The molecule has 29 heavy (non-hydrogen) atoms. The fourth-order valence-corrected chi connectivity index (χ4v) is 3.61. The molecule has 0 saturated carbocycles. The Hall–Kier alpha value is -2.34. The monoisotopic (exact) mass is 507 g/mol. The third-order valence-electron chi connectivity index (χ3n) is 5.00. The van der Waals surface area contributed by atoms with Gasteiger partial charge in [0.2, 0.25) is 0 Å². The molecule has 0 amide bonds. The quantitative estimate of drug-likeness (QED) is 0.374. The van der Waals surface area contributed by atoms with Crippen molar-refractivity contribution >= 4 is 35.6 Å². The van der Waals surface area contributed by atoms with Gasteiger partial charge in [0.15, 0.2) is 5.96 Å². The van der Waals surface area contributed by atoms with Crippen molar-refractivity contribution in [2.24, 2.45) is 4.99 Å². The summed E-state index contributed by atoms with van der Waals surface area (Å²) in [4.78, 5) is 6.63. The van der Waals surface area contributed by atoms with E-state index in [1.807, 2.05) is 31.2 Å². The van der Waals surface area contributed by atoms with Crippen molar-refractivity contribution in [2.45, 2.75) is 32.4 Å². The summed E-state index contributed by atoms with van der Waals surface area (Å²) in [6.45, 7) is 4.36. The van der Waals surface area contributed by atoms with E-state index in [-0.39, 0.29) is 35.8 Å². The highest BCUT2D eigenvalue weighted by molar-refractivity contribution is 14.0. The molecule has 0 spiro atoms. The predicted octanol–water partition coefficient (Wildman–Crippen LogP) is 3.96. The minimum atomic E-state index is -0.196. The van der Waals surface area contributed by atoms with Crippen LogP contribution in [-0.2, 0) is 6.54 Å². The van der Waals surface area contributed by atoms with Crippen molar-refractivity contribution in [1.29, 1.82) is 5.26 Å². The Morgan fingerprint density at radius 2 is 2.14 bits per heavy atom. The minimum absolute atomic E-state index is 0. The van der Waals surface area contributed by atoms with Gasteiger partial charge >= 0.3 is 0 Å². The Bertz CT molecular complexity index is 893. The number of aryl methyl sites for hydroxylation is 1. The second kappa shape index (κ2) is 11.0. The SMILES string of the molecule is CN=C(NCc1cccc(C#N)c1)NC1CCCN(c2ccc(F)cc2C)C1.I. The lowest BCUT2D eigenvalue weighted by atomic mass is 10.0.